The summed E-state index contributed by atoms with van der Waals surface area (Å²) in [6.45, 7) is 1.85. The molecule has 1 aromatic heterocycles. The molecule has 0 spiro atoms. The van der Waals surface area contributed by atoms with Crippen LogP contribution in [0, 0.1) is 0 Å². The third-order valence-electron chi connectivity index (χ3n) is 5.46. The van der Waals surface area contributed by atoms with E-state index in [4.69, 9.17) is 0 Å². The van der Waals surface area contributed by atoms with Crippen LogP contribution in [-0.2, 0) is 18.9 Å². The van der Waals surface area contributed by atoms with Gasteiger partial charge in [-0.2, -0.15) is 5.10 Å². The highest BCUT2D eigenvalue weighted by molar-refractivity contribution is 5.79. The van der Waals surface area contributed by atoms with Crippen molar-refractivity contribution < 1.29 is 0 Å². The molecular weight excluding hydrogens is 322 g/mol. The van der Waals surface area contributed by atoms with Crippen molar-refractivity contribution in [2.75, 3.05) is 20.1 Å². The van der Waals surface area contributed by atoms with Crippen LogP contribution in [0.4, 0.5) is 0 Å². The monoisotopic (exact) mass is 353 g/mol. The molecule has 0 unspecified atom stereocenters. The molecule has 2 N–H and O–H groups in total. The van der Waals surface area contributed by atoms with Gasteiger partial charge in [-0.1, -0.05) is 43.2 Å². The Hall–Kier alpha value is -2.30. The second kappa shape index (κ2) is 8.88. The molecule has 1 aliphatic carbocycles. The Balaban J connectivity index is 1.48. The Morgan fingerprint density at radius 2 is 1.96 bits per heavy atom. The second-order valence-electron chi connectivity index (χ2n) is 7.33. The Morgan fingerprint density at radius 3 is 2.62 bits per heavy atom. The molecule has 3 rings (SSSR count). The molecule has 0 bridgehead atoms. The lowest BCUT2D eigenvalue weighted by atomic mass is 9.79. The topological polar surface area (TPSA) is 54.2 Å². The van der Waals surface area contributed by atoms with E-state index in [1.807, 2.05) is 25.0 Å². The van der Waals surface area contributed by atoms with E-state index in [1.165, 1.54) is 36.8 Å². The van der Waals surface area contributed by atoms with Crippen LogP contribution in [-0.4, -0.2) is 35.9 Å². The van der Waals surface area contributed by atoms with Crippen molar-refractivity contribution in [2.24, 2.45) is 12.0 Å². The molecule has 5 nitrogen and oxygen atoms in total. The summed E-state index contributed by atoms with van der Waals surface area (Å²) in [6.07, 6.45) is 11.3. The van der Waals surface area contributed by atoms with Gasteiger partial charge in [0.2, 0.25) is 0 Å². The Labute approximate surface area is 156 Å². The number of aliphatic imine (C=N–C) groups is 1. The second-order valence-corrected chi connectivity index (χ2v) is 7.33. The molecule has 1 aliphatic rings. The molecule has 1 fully saturated rings. The molecule has 140 valence electrons. The van der Waals surface area contributed by atoms with Gasteiger partial charge in [0, 0.05) is 38.8 Å². The van der Waals surface area contributed by atoms with E-state index < -0.39 is 0 Å². The predicted molar refractivity (Wildman–Crippen MR) is 107 cm³/mol. The standard InChI is InChI=1S/C21H31N5/c1-22-20(23-14-8-9-18-15-25-26(2)16-18)24-17-21(12-6-7-13-21)19-10-4-3-5-11-19/h3-5,10-11,15-16H,6-9,12-14,17H2,1-2H3,(H2,22,23,24). The summed E-state index contributed by atoms with van der Waals surface area (Å²) in [5.41, 5.74) is 2.98. The summed E-state index contributed by atoms with van der Waals surface area (Å²) in [4.78, 5) is 4.40. The average Bonchev–Trinajstić information content (AvgIpc) is 3.32. The van der Waals surface area contributed by atoms with Gasteiger partial charge in [0.25, 0.3) is 0 Å². The van der Waals surface area contributed by atoms with Crippen LogP contribution in [0.5, 0.6) is 0 Å². The van der Waals surface area contributed by atoms with Crippen LogP contribution in [0.1, 0.15) is 43.2 Å². The molecule has 5 heteroatoms. The zero-order valence-electron chi connectivity index (χ0n) is 16.0. The van der Waals surface area contributed by atoms with Crippen molar-refractivity contribution in [3.63, 3.8) is 0 Å². The highest BCUT2D eigenvalue weighted by Gasteiger charge is 2.35. The lowest BCUT2D eigenvalue weighted by Crippen LogP contribution is -2.45. The van der Waals surface area contributed by atoms with E-state index in [0.29, 0.717) is 0 Å². The molecule has 0 amide bonds. The van der Waals surface area contributed by atoms with Crippen LogP contribution >= 0.6 is 0 Å². The van der Waals surface area contributed by atoms with Crippen LogP contribution in [0.25, 0.3) is 0 Å². The van der Waals surface area contributed by atoms with Gasteiger partial charge in [0.15, 0.2) is 5.96 Å². The third kappa shape index (κ3) is 4.65. The van der Waals surface area contributed by atoms with E-state index in [2.05, 4.69) is 57.3 Å². The van der Waals surface area contributed by atoms with Crippen LogP contribution in [0.3, 0.4) is 0 Å². The zero-order chi connectivity index (χ0) is 18.2. The van der Waals surface area contributed by atoms with Crippen molar-refractivity contribution in [3.05, 3.63) is 53.9 Å². The molecule has 1 aromatic carbocycles. The van der Waals surface area contributed by atoms with Crippen molar-refractivity contribution >= 4 is 5.96 Å². The largest absolute Gasteiger partial charge is 0.356 e. The number of aryl methyl sites for hydroxylation is 2. The highest BCUT2D eigenvalue weighted by Crippen LogP contribution is 2.40. The summed E-state index contributed by atoms with van der Waals surface area (Å²) < 4.78 is 1.86. The first kappa shape index (κ1) is 18.5. The predicted octanol–water partition coefficient (Wildman–Crippen LogP) is 3.03. The lowest BCUT2D eigenvalue weighted by molar-refractivity contribution is 0.431. The minimum atomic E-state index is 0.245. The van der Waals surface area contributed by atoms with E-state index in [-0.39, 0.29) is 5.41 Å². The normalized spacial score (nSPS) is 16.6. The maximum Gasteiger partial charge on any atom is 0.191 e. The van der Waals surface area contributed by atoms with E-state index in [0.717, 1.165) is 31.9 Å². The first-order chi connectivity index (χ1) is 12.7. The number of nitrogens with zero attached hydrogens (tertiary/aromatic N) is 3. The summed E-state index contributed by atoms with van der Waals surface area (Å²) in [7, 11) is 3.80. The maximum absolute atomic E-state index is 4.40. The SMILES string of the molecule is CN=C(NCCCc1cnn(C)c1)NCC1(c2ccccc2)CCCC1. The Morgan fingerprint density at radius 1 is 1.19 bits per heavy atom. The number of aromatic nitrogens is 2. The molecule has 2 aromatic rings. The minimum absolute atomic E-state index is 0.245. The molecule has 1 heterocycles. The van der Waals surface area contributed by atoms with E-state index in [9.17, 15) is 0 Å². The summed E-state index contributed by atoms with van der Waals surface area (Å²) >= 11 is 0. The fraction of sp³-hybridized carbons (Fsp3) is 0.524. The third-order valence-corrected chi connectivity index (χ3v) is 5.46. The molecule has 1 saturated carbocycles. The molecule has 0 saturated heterocycles. The number of hydrogen-bond donors (Lipinski definition) is 2. The van der Waals surface area contributed by atoms with Gasteiger partial charge in [0.1, 0.15) is 0 Å². The smallest absolute Gasteiger partial charge is 0.191 e. The summed E-state index contributed by atoms with van der Waals surface area (Å²) in [5, 5.41) is 11.2. The van der Waals surface area contributed by atoms with Gasteiger partial charge in [-0.15, -0.1) is 0 Å². The van der Waals surface area contributed by atoms with Crippen molar-refractivity contribution in [3.8, 4) is 0 Å². The quantitative estimate of drug-likeness (QED) is 0.457. The number of nitrogens with one attached hydrogen (secondary N) is 2. The summed E-state index contributed by atoms with van der Waals surface area (Å²) in [6, 6.07) is 11.0. The molecule has 0 atom stereocenters. The number of rotatable bonds is 7. The Bertz CT molecular complexity index is 698. The number of hydrogen-bond acceptors (Lipinski definition) is 2. The van der Waals surface area contributed by atoms with Crippen LogP contribution in [0.15, 0.2) is 47.7 Å². The first-order valence-corrected chi connectivity index (χ1v) is 9.69. The minimum Gasteiger partial charge on any atom is -0.356 e. The van der Waals surface area contributed by atoms with Gasteiger partial charge in [-0.05, 0) is 36.8 Å². The summed E-state index contributed by atoms with van der Waals surface area (Å²) in [5.74, 6) is 0.901. The fourth-order valence-electron chi connectivity index (χ4n) is 3.98. The van der Waals surface area contributed by atoms with E-state index in [1.54, 1.807) is 0 Å². The van der Waals surface area contributed by atoms with Crippen LogP contribution < -0.4 is 10.6 Å². The molecule has 26 heavy (non-hydrogen) atoms. The van der Waals surface area contributed by atoms with Gasteiger partial charge in [-0.3, -0.25) is 9.67 Å². The van der Waals surface area contributed by atoms with Gasteiger partial charge in [0.05, 0.1) is 6.20 Å². The maximum atomic E-state index is 4.40. The highest BCUT2D eigenvalue weighted by atomic mass is 15.2. The van der Waals surface area contributed by atoms with Crippen molar-refractivity contribution in [1.82, 2.24) is 20.4 Å². The van der Waals surface area contributed by atoms with Crippen molar-refractivity contribution in [2.45, 2.75) is 43.9 Å². The first-order valence-electron chi connectivity index (χ1n) is 9.69. The fourth-order valence-corrected chi connectivity index (χ4v) is 3.98. The number of guanidine groups is 1. The van der Waals surface area contributed by atoms with E-state index >= 15 is 0 Å². The molecular formula is C21H31N5. The van der Waals surface area contributed by atoms with Gasteiger partial charge >= 0.3 is 0 Å². The zero-order valence-corrected chi connectivity index (χ0v) is 16.0. The average molecular weight is 354 g/mol. The van der Waals surface area contributed by atoms with Gasteiger partial charge < -0.3 is 10.6 Å². The van der Waals surface area contributed by atoms with Gasteiger partial charge in [-0.25, -0.2) is 0 Å². The Kier molecular flexibility index (Phi) is 6.31. The molecule has 0 radical (unpaired) electrons. The number of benzene rings is 1. The molecule has 0 aliphatic heterocycles. The van der Waals surface area contributed by atoms with Crippen LogP contribution in [0.2, 0.25) is 0 Å². The van der Waals surface area contributed by atoms with Crippen molar-refractivity contribution in [1.29, 1.82) is 0 Å². The lowest BCUT2D eigenvalue weighted by Gasteiger charge is -2.30.